The van der Waals surface area contributed by atoms with Gasteiger partial charge in [-0.2, -0.15) is 0 Å². The topological polar surface area (TPSA) is 52.6 Å². The van der Waals surface area contributed by atoms with Crippen molar-refractivity contribution in [1.82, 2.24) is 0 Å². The van der Waals surface area contributed by atoms with Crippen LogP contribution in [0, 0.1) is 0 Å². The van der Waals surface area contributed by atoms with E-state index in [2.05, 4.69) is 0 Å². The van der Waals surface area contributed by atoms with Crippen LogP contribution in [0.4, 0.5) is 0 Å². The molecule has 4 nitrogen and oxygen atoms in total. The summed E-state index contributed by atoms with van der Waals surface area (Å²) in [6, 6.07) is 2.97. The Kier molecular flexibility index (Phi) is 5.22. The monoisotopic (exact) mass is 268 g/mol. The molecule has 0 radical (unpaired) electrons. The quantitative estimate of drug-likeness (QED) is 0.603. The van der Waals surface area contributed by atoms with Crippen molar-refractivity contribution < 1.29 is 19.1 Å². The Morgan fingerprint density at radius 2 is 1.61 bits per heavy atom. The first kappa shape index (κ1) is 14.6. The molecule has 0 aliphatic rings. The maximum atomic E-state index is 11.6. The molecule has 6 heteroatoms. The number of hydrogen-bond donors (Lipinski definition) is 0. The van der Waals surface area contributed by atoms with Crippen LogP contribution in [0.5, 0.6) is 0 Å². The van der Waals surface area contributed by atoms with Gasteiger partial charge < -0.3 is 9.47 Å². The van der Waals surface area contributed by atoms with Crippen LogP contribution in [-0.2, 0) is 9.47 Å². The zero-order valence-electron chi connectivity index (χ0n) is 10.6. The summed E-state index contributed by atoms with van der Waals surface area (Å²) >= 11 is 5.97. The zero-order valence-corrected chi connectivity index (χ0v) is 11.3. The molecule has 0 spiro atoms. The Hall–Kier alpha value is -1.49. The van der Waals surface area contributed by atoms with Crippen molar-refractivity contribution in [3.05, 3.63) is 28.3 Å². The summed E-state index contributed by atoms with van der Waals surface area (Å²) in [5.41, 5.74) is 1.24. The lowest BCUT2D eigenvalue weighted by atomic mass is 9.89. The lowest BCUT2D eigenvalue weighted by Crippen LogP contribution is -2.20. The lowest BCUT2D eigenvalue weighted by Gasteiger charge is -2.09. The van der Waals surface area contributed by atoms with Crippen molar-refractivity contribution in [3.63, 3.8) is 0 Å². The molecule has 18 heavy (non-hydrogen) atoms. The lowest BCUT2D eigenvalue weighted by molar-refractivity contribution is 0.0513. The highest BCUT2D eigenvalue weighted by molar-refractivity contribution is 6.39. The van der Waals surface area contributed by atoms with Gasteiger partial charge >= 0.3 is 11.9 Å². The molecule has 0 unspecified atom stereocenters. The number of benzene rings is 1. The minimum atomic E-state index is -0.499. The van der Waals surface area contributed by atoms with E-state index < -0.39 is 11.9 Å². The van der Waals surface area contributed by atoms with Crippen molar-refractivity contribution in [1.29, 1.82) is 0 Å². The Morgan fingerprint density at radius 1 is 1.11 bits per heavy atom. The highest BCUT2D eigenvalue weighted by atomic mass is 35.5. The normalized spacial score (nSPS) is 9.94. The second kappa shape index (κ2) is 6.45. The molecule has 0 saturated heterocycles. The Morgan fingerprint density at radius 3 is 2.11 bits per heavy atom. The minimum absolute atomic E-state index is 0.183. The predicted octanol–water partition coefficient (Wildman–Crippen LogP) is 0.952. The van der Waals surface area contributed by atoms with Crippen molar-refractivity contribution in [2.75, 3.05) is 13.2 Å². The number of hydrogen-bond acceptors (Lipinski definition) is 4. The Balaban J connectivity index is 3.11. The van der Waals surface area contributed by atoms with Crippen LogP contribution in [0.15, 0.2) is 12.1 Å². The SMILES string of the molecule is Bc1cc(C(=O)OCC)c(Cl)cc1C(=O)OCC. The van der Waals surface area contributed by atoms with Gasteiger partial charge in [-0.1, -0.05) is 23.1 Å². The fourth-order valence-electron chi connectivity index (χ4n) is 1.48. The van der Waals surface area contributed by atoms with Gasteiger partial charge in [0.15, 0.2) is 0 Å². The third kappa shape index (κ3) is 3.26. The second-order valence-electron chi connectivity index (χ2n) is 3.59. The van der Waals surface area contributed by atoms with E-state index in [-0.39, 0.29) is 23.8 Å². The summed E-state index contributed by atoms with van der Waals surface area (Å²) in [6.07, 6.45) is 0. The van der Waals surface area contributed by atoms with E-state index in [1.807, 2.05) is 0 Å². The highest BCUT2D eigenvalue weighted by Crippen LogP contribution is 2.18. The molecule has 0 fully saturated rings. The van der Waals surface area contributed by atoms with Gasteiger partial charge in [0.05, 0.1) is 29.4 Å². The van der Waals surface area contributed by atoms with Crippen LogP contribution in [0.25, 0.3) is 0 Å². The Bertz CT molecular complexity index is 430. The average Bonchev–Trinajstić information content (AvgIpc) is 2.32. The smallest absolute Gasteiger partial charge is 0.339 e. The van der Waals surface area contributed by atoms with Crippen LogP contribution in [-0.4, -0.2) is 33.0 Å². The van der Waals surface area contributed by atoms with Crippen molar-refractivity contribution in [2.24, 2.45) is 0 Å². The first-order valence-electron chi connectivity index (χ1n) is 5.65. The number of rotatable bonds is 4. The minimum Gasteiger partial charge on any atom is -0.462 e. The molecular weight excluding hydrogens is 254 g/mol. The second-order valence-corrected chi connectivity index (χ2v) is 4.00. The van der Waals surface area contributed by atoms with E-state index in [1.165, 1.54) is 12.1 Å². The molecular formula is C12H14BClO4. The summed E-state index contributed by atoms with van der Waals surface area (Å²) in [5.74, 6) is -0.951. The molecule has 0 N–H and O–H groups in total. The fourth-order valence-corrected chi connectivity index (χ4v) is 1.72. The van der Waals surface area contributed by atoms with Gasteiger partial charge in [0.2, 0.25) is 0 Å². The summed E-state index contributed by atoms with van der Waals surface area (Å²) in [7, 11) is 1.71. The zero-order chi connectivity index (χ0) is 13.7. The number of ether oxygens (including phenoxy) is 2. The number of esters is 2. The molecule has 0 aliphatic carbocycles. The molecule has 0 atom stereocenters. The fraction of sp³-hybridized carbons (Fsp3) is 0.333. The standard InChI is InChI=1S/C12H14BClO4/c1-3-17-11(15)7-6-10(14)8(5-9(7)13)12(16)18-4-2/h5-6H,3-4,13H2,1-2H3. The van der Waals surface area contributed by atoms with E-state index in [0.29, 0.717) is 11.0 Å². The summed E-state index contributed by atoms with van der Waals surface area (Å²) in [6.45, 7) is 4.00. The molecule has 1 rings (SSSR count). The van der Waals surface area contributed by atoms with Gasteiger partial charge in [-0.05, 0) is 19.9 Å². The molecule has 0 heterocycles. The summed E-state index contributed by atoms with van der Waals surface area (Å²) < 4.78 is 9.77. The summed E-state index contributed by atoms with van der Waals surface area (Å²) in [4.78, 5) is 23.2. The molecule has 0 bridgehead atoms. The highest BCUT2D eigenvalue weighted by Gasteiger charge is 2.17. The van der Waals surface area contributed by atoms with Gasteiger partial charge in [0.25, 0.3) is 0 Å². The first-order chi connectivity index (χ1) is 8.51. The van der Waals surface area contributed by atoms with Gasteiger partial charge in [0.1, 0.15) is 7.85 Å². The van der Waals surface area contributed by atoms with Gasteiger partial charge in [-0.15, -0.1) is 0 Å². The van der Waals surface area contributed by atoms with E-state index in [4.69, 9.17) is 21.1 Å². The summed E-state index contributed by atoms with van der Waals surface area (Å²) in [5, 5.41) is 0.183. The molecule has 96 valence electrons. The maximum Gasteiger partial charge on any atom is 0.339 e. The number of halogens is 1. The molecule has 0 amide bonds. The Labute approximate surface area is 112 Å². The van der Waals surface area contributed by atoms with E-state index in [1.54, 1.807) is 21.7 Å². The van der Waals surface area contributed by atoms with Crippen LogP contribution >= 0.6 is 11.6 Å². The first-order valence-corrected chi connectivity index (χ1v) is 6.03. The van der Waals surface area contributed by atoms with E-state index >= 15 is 0 Å². The van der Waals surface area contributed by atoms with Gasteiger partial charge in [-0.25, -0.2) is 9.59 Å². The van der Waals surface area contributed by atoms with Gasteiger partial charge in [0, 0.05) is 0 Å². The molecule has 1 aromatic carbocycles. The maximum absolute atomic E-state index is 11.6. The van der Waals surface area contributed by atoms with Crippen molar-refractivity contribution in [3.8, 4) is 0 Å². The number of carbonyl (C=O) groups excluding carboxylic acids is 2. The molecule has 1 aromatic rings. The predicted molar refractivity (Wildman–Crippen MR) is 71.5 cm³/mol. The average molecular weight is 269 g/mol. The third-order valence-electron chi connectivity index (χ3n) is 2.30. The number of carbonyl (C=O) groups is 2. The van der Waals surface area contributed by atoms with E-state index in [9.17, 15) is 9.59 Å². The van der Waals surface area contributed by atoms with Crippen LogP contribution in [0.2, 0.25) is 5.02 Å². The van der Waals surface area contributed by atoms with E-state index in [0.717, 1.165) is 0 Å². The van der Waals surface area contributed by atoms with Gasteiger partial charge in [-0.3, -0.25) is 0 Å². The molecule has 0 saturated carbocycles. The van der Waals surface area contributed by atoms with Crippen molar-refractivity contribution >= 4 is 36.8 Å². The molecule has 0 aliphatic heterocycles. The van der Waals surface area contributed by atoms with Crippen LogP contribution in [0.1, 0.15) is 34.6 Å². The van der Waals surface area contributed by atoms with Crippen LogP contribution < -0.4 is 5.46 Å². The van der Waals surface area contributed by atoms with Crippen LogP contribution in [0.3, 0.4) is 0 Å². The largest absolute Gasteiger partial charge is 0.462 e. The molecule has 0 aromatic heterocycles. The van der Waals surface area contributed by atoms with Crippen molar-refractivity contribution in [2.45, 2.75) is 13.8 Å². The third-order valence-corrected chi connectivity index (χ3v) is 2.62.